The van der Waals surface area contributed by atoms with E-state index in [0.717, 1.165) is 6.42 Å². The van der Waals surface area contributed by atoms with E-state index in [9.17, 15) is 0 Å². The predicted octanol–water partition coefficient (Wildman–Crippen LogP) is 4.62. The van der Waals surface area contributed by atoms with E-state index in [1.54, 1.807) is 0 Å². The Balaban J connectivity index is 3.22. The fraction of sp³-hybridized carbons (Fsp3) is 0.632. The molecular weight excluding hydrogens is 318 g/mol. The van der Waals surface area contributed by atoms with Gasteiger partial charge in [0.1, 0.15) is 0 Å². The lowest BCUT2D eigenvalue weighted by Gasteiger charge is -2.35. The van der Waals surface area contributed by atoms with Crippen molar-refractivity contribution in [3.8, 4) is 0 Å². The summed E-state index contributed by atoms with van der Waals surface area (Å²) in [6.45, 7) is 14.0. The van der Waals surface area contributed by atoms with Gasteiger partial charge < -0.3 is 13.3 Å². The molecule has 1 aromatic carbocycles. The van der Waals surface area contributed by atoms with Gasteiger partial charge in [-0.05, 0) is 59.7 Å². The molecule has 0 aromatic heterocycles. The topological polar surface area (TPSA) is 40.0 Å². The van der Waals surface area contributed by atoms with E-state index >= 15 is 0 Å². The number of aliphatic imine (C=N–C) groups is 1. The van der Waals surface area contributed by atoms with Crippen LogP contribution in [0.25, 0.3) is 0 Å². The molecule has 1 atom stereocenters. The first-order valence-corrected chi connectivity index (χ1v) is 10.7. The number of hydrogen-bond donors (Lipinski definition) is 0. The maximum absolute atomic E-state index is 6.14. The Kier molecular flexibility index (Phi) is 8.84. The standard InChI is InChI=1S/C19H33NO3Si/c1-7-21-24(22-8-2,23-9-3)18(15-16-20-19(4,5)6)17-13-11-10-12-14-17/h10-14,16,18H,7-9,15H2,1-6H3. The molecule has 0 aliphatic carbocycles. The van der Waals surface area contributed by atoms with Crippen LogP contribution in [0.5, 0.6) is 0 Å². The second-order valence-corrected chi connectivity index (χ2v) is 9.35. The van der Waals surface area contributed by atoms with Gasteiger partial charge in [0.15, 0.2) is 0 Å². The van der Waals surface area contributed by atoms with Crippen LogP contribution in [0.2, 0.25) is 0 Å². The monoisotopic (exact) mass is 351 g/mol. The highest BCUT2D eigenvalue weighted by Crippen LogP contribution is 2.33. The minimum atomic E-state index is -2.85. The molecule has 0 bridgehead atoms. The highest BCUT2D eigenvalue weighted by molar-refractivity contribution is 6.62. The number of hydrogen-bond acceptors (Lipinski definition) is 4. The lowest BCUT2D eigenvalue weighted by atomic mass is 10.1. The summed E-state index contributed by atoms with van der Waals surface area (Å²) in [7, 11) is -2.85. The van der Waals surface area contributed by atoms with Crippen LogP contribution in [0.4, 0.5) is 0 Å². The Bertz CT molecular complexity index is 468. The second-order valence-electron chi connectivity index (χ2n) is 6.58. The lowest BCUT2D eigenvalue weighted by Crippen LogP contribution is -2.52. The third-order valence-electron chi connectivity index (χ3n) is 3.48. The van der Waals surface area contributed by atoms with Crippen molar-refractivity contribution in [3.05, 3.63) is 35.9 Å². The molecule has 0 saturated heterocycles. The van der Waals surface area contributed by atoms with E-state index in [2.05, 4.69) is 37.9 Å². The van der Waals surface area contributed by atoms with Crippen LogP contribution in [0.15, 0.2) is 35.3 Å². The van der Waals surface area contributed by atoms with Crippen molar-refractivity contribution in [1.29, 1.82) is 0 Å². The third kappa shape index (κ3) is 6.47. The molecular formula is C19H33NO3Si. The summed E-state index contributed by atoms with van der Waals surface area (Å²) in [6.07, 6.45) is 2.74. The van der Waals surface area contributed by atoms with Crippen molar-refractivity contribution in [3.63, 3.8) is 0 Å². The highest BCUT2D eigenvalue weighted by atomic mass is 28.4. The Labute approximate surface area is 148 Å². The summed E-state index contributed by atoms with van der Waals surface area (Å²) in [4.78, 5) is 4.65. The molecule has 0 N–H and O–H groups in total. The molecule has 5 heteroatoms. The van der Waals surface area contributed by atoms with Gasteiger partial charge in [-0.2, -0.15) is 0 Å². The number of rotatable bonds is 10. The maximum atomic E-state index is 6.14. The summed E-state index contributed by atoms with van der Waals surface area (Å²) < 4.78 is 18.4. The molecule has 1 aromatic rings. The SMILES string of the molecule is CCO[Si](OCC)(OCC)C(CC=NC(C)(C)C)c1ccccc1. The van der Waals surface area contributed by atoms with E-state index in [1.807, 2.05) is 45.2 Å². The fourth-order valence-corrected chi connectivity index (χ4v) is 5.69. The molecule has 136 valence electrons. The summed E-state index contributed by atoms with van der Waals surface area (Å²) in [5.74, 6) is 0. The zero-order valence-corrected chi connectivity index (χ0v) is 17.0. The summed E-state index contributed by atoms with van der Waals surface area (Å²) in [6, 6.07) is 10.4. The van der Waals surface area contributed by atoms with Gasteiger partial charge in [0, 0.05) is 19.8 Å². The van der Waals surface area contributed by atoms with E-state index in [4.69, 9.17) is 13.3 Å². The Morgan fingerprint density at radius 2 is 1.46 bits per heavy atom. The average molecular weight is 352 g/mol. The molecule has 1 rings (SSSR count). The molecule has 0 aliphatic heterocycles. The normalized spacial score (nSPS) is 14.2. The first-order valence-electron chi connectivity index (χ1n) is 8.89. The predicted molar refractivity (Wildman–Crippen MR) is 103 cm³/mol. The highest BCUT2D eigenvalue weighted by Gasteiger charge is 2.49. The zero-order chi connectivity index (χ0) is 18.1. The second kappa shape index (κ2) is 10.1. The first kappa shape index (κ1) is 21.0. The summed E-state index contributed by atoms with van der Waals surface area (Å²) in [5.41, 5.74) is 1.14. The Morgan fingerprint density at radius 3 is 1.88 bits per heavy atom. The van der Waals surface area contributed by atoms with E-state index < -0.39 is 8.80 Å². The minimum Gasteiger partial charge on any atom is -0.373 e. The fourth-order valence-electron chi connectivity index (χ4n) is 2.63. The molecule has 0 fully saturated rings. The van der Waals surface area contributed by atoms with E-state index in [-0.39, 0.29) is 11.1 Å². The van der Waals surface area contributed by atoms with Crippen molar-refractivity contribution in [2.24, 2.45) is 4.99 Å². The largest absolute Gasteiger partial charge is 0.509 e. The van der Waals surface area contributed by atoms with Crippen molar-refractivity contribution >= 4 is 15.0 Å². The van der Waals surface area contributed by atoms with E-state index in [1.165, 1.54) is 5.56 Å². The van der Waals surface area contributed by atoms with Gasteiger partial charge in [-0.25, -0.2) is 0 Å². The van der Waals surface area contributed by atoms with Gasteiger partial charge in [-0.1, -0.05) is 30.3 Å². The zero-order valence-electron chi connectivity index (χ0n) is 16.0. The van der Waals surface area contributed by atoms with Crippen LogP contribution in [-0.2, 0) is 13.3 Å². The molecule has 1 unspecified atom stereocenters. The Hall–Kier alpha value is -1.01. The smallest absolute Gasteiger partial charge is 0.373 e. The van der Waals surface area contributed by atoms with Gasteiger partial charge in [0.05, 0.1) is 11.1 Å². The van der Waals surface area contributed by atoms with Crippen LogP contribution in [0, 0.1) is 0 Å². The van der Waals surface area contributed by atoms with Crippen LogP contribution in [0.3, 0.4) is 0 Å². The van der Waals surface area contributed by atoms with Gasteiger partial charge in [0.25, 0.3) is 0 Å². The first-order chi connectivity index (χ1) is 11.4. The van der Waals surface area contributed by atoms with Crippen LogP contribution in [-0.4, -0.2) is 40.4 Å². The van der Waals surface area contributed by atoms with Gasteiger partial charge in [-0.3, -0.25) is 4.99 Å². The quantitative estimate of drug-likeness (QED) is 0.456. The lowest BCUT2D eigenvalue weighted by molar-refractivity contribution is 0.0623. The van der Waals surface area contributed by atoms with Crippen LogP contribution < -0.4 is 0 Å². The third-order valence-corrected chi connectivity index (χ3v) is 6.98. The average Bonchev–Trinajstić information content (AvgIpc) is 2.52. The molecule has 0 saturated carbocycles. The molecule has 0 aliphatic rings. The van der Waals surface area contributed by atoms with Crippen molar-refractivity contribution < 1.29 is 13.3 Å². The molecule has 0 spiro atoms. The minimum absolute atomic E-state index is 0.0460. The maximum Gasteiger partial charge on any atom is 0.509 e. The van der Waals surface area contributed by atoms with Gasteiger partial charge >= 0.3 is 8.80 Å². The van der Waals surface area contributed by atoms with Gasteiger partial charge in [0.2, 0.25) is 0 Å². The van der Waals surface area contributed by atoms with Crippen LogP contribution >= 0.6 is 0 Å². The summed E-state index contributed by atoms with van der Waals surface area (Å²) in [5, 5.41) is 0. The van der Waals surface area contributed by atoms with Crippen LogP contribution in [0.1, 0.15) is 59.1 Å². The molecule has 0 amide bonds. The van der Waals surface area contributed by atoms with Gasteiger partial charge in [-0.15, -0.1) is 0 Å². The summed E-state index contributed by atoms with van der Waals surface area (Å²) >= 11 is 0. The van der Waals surface area contributed by atoms with Crippen molar-refractivity contribution in [2.45, 2.75) is 59.0 Å². The van der Waals surface area contributed by atoms with Crippen molar-refractivity contribution in [2.75, 3.05) is 19.8 Å². The number of nitrogens with zero attached hydrogens (tertiary/aromatic N) is 1. The Morgan fingerprint density at radius 1 is 0.958 bits per heavy atom. The van der Waals surface area contributed by atoms with Crippen molar-refractivity contribution in [1.82, 2.24) is 0 Å². The molecule has 0 radical (unpaired) electrons. The molecule has 24 heavy (non-hydrogen) atoms. The molecule has 4 nitrogen and oxygen atoms in total. The van der Waals surface area contributed by atoms with E-state index in [0.29, 0.717) is 19.8 Å². The number of benzene rings is 1. The molecule has 0 heterocycles.